The van der Waals surface area contributed by atoms with Crippen LogP contribution in [0.2, 0.25) is 0 Å². The summed E-state index contributed by atoms with van der Waals surface area (Å²) < 4.78 is 0. The molecular weight excluding hydrogens is 106 g/mol. The van der Waals surface area contributed by atoms with Crippen LogP contribution >= 0.6 is 0 Å². The average molecular weight is 115 g/mol. The molecule has 4 nitrogen and oxygen atoms in total. The zero-order chi connectivity index (χ0) is 5.70. The van der Waals surface area contributed by atoms with Gasteiger partial charge in [0.25, 0.3) is 0 Å². The molecule has 0 bridgehead atoms. The first-order valence-corrected chi connectivity index (χ1v) is 1.68. The van der Waals surface area contributed by atoms with Crippen molar-refractivity contribution in [3.63, 3.8) is 0 Å². The molecule has 8 heavy (non-hydrogen) atoms. The molecule has 0 saturated carbocycles. The second-order valence-electron chi connectivity index (χ2n) is 0.816. The molecule has 46 valence electrons. The Morgan fingerprint density at radius 1 is 1.75 bits per heavy atom. The van der Waals surface area contributed by atoms with Crippen molar-refractivity contribution in [1.29, 1.82) is 5.26 Å². The van der Waals surface area contributed by atoms with Crippen LogP contribution < -0.4 is 10.6 Å². The third kappa shape index (κ3) is 4.76. The average Bonchev–Trinajstić information content (AvgIpc) is 1.68. The molecule has 0 aromatic rings. The normalized spacial score (nSPS) is 5.50. The fourth-order valence-electron chi connectivity index (χ4n) is 0.113. The standard InChI is InChI=1S/C3H5N3O.CH4/c1-5-3(7)6-2-4;/h1H3,(H2,5,6,7);1H4. The molecule has 0 saturated heterocycles. The fourth-order valence-corrected chi connectivity index (χ4v) is 0.113. The number of nitrogens with zero attached hydrogens (tertiary/aromatic N) is 1. The van der Waals surface area contributed by atoms with Crippen molar-refractivity contribution in [3.05, 3.63) is 0 Å². The van der Waals surface area contributed by atoms with E-state index in [1.54, 1.807) is 0 Å². The van der Waals surface area contributed by atoms with Crippen LogP contribution in [0.15, 0.2) is 0 Å². The van der Waals surface area contributed by atoms with Gasteiger partial charge in [-0.1, -0.05) is 7.43 Å². The number of hydrogen-bond donors (Lipinski definition) is 2. The van der Waals surface area contributed by atoms with E-state index in [0.717, 1.165) is 0 Å². The summed E-state index contributed by atoms with van der Waals surface area (Å²) in [5.74, 6) is 0. The molecule has 0 aliphatic rings. The minimum absolute atomic E-state index is 0. The zero-order valence-electron chi connectivity index (χ0n) is 3.86. The molecule has 0 heterocycles. The maximum Gasteiger partial charge on any atom is 0.327 e. The first-order chi connectivity index (χ1) is 3.31. The predicted octanol–water partition coefficient (Wildman–Crippen LogP) is 0.0326. The van der Waals surface area contributed by atoms with Gasteiger partial charge in [-0.3, -0.25) is 0 Å². The number of carbonyl (C=O) groups excluding carboxylic acids is 1. The topological polar surface area (TPSA) is 64.9 Å². The Kier molecular flexibility index (Phi) is 7.13. The van der Waals surface area contributed by atoms with E-state index in [0.29, 0.717) is 0 Å². The van der Waals surface area contributed by atoms with Gasteiger partial charge in [-0.25, -0.2) is 10.1 Å². The largest absolute Gasteiger partial charge is 0.340 e. The van der Waals surface area contributed by atoms with Crippen molar-refractivity contribution >= 4 is 6.03 Å². The number of nitrogens with one attached hydrogen (secondary N) is 2. The highest BCUT2D eigenvalue weighted by Crippen LogP contribution is 1.51. The van der Waals surface area contributed by atoms with E-state index in [9.17, 15) is 4.79 Å². The predicted molar refractivity (Wildman–Crippen MR) is 29.9 cm³/mol. The lowest BCUT2D eigenvalue weighted by molar-refractivity contribution is 0.246. The van der Waals surface area contributed by atoms with Crippen LogP contribution in [0.5, 0.6) is 0 Å². The second-order valence-corrected chi connectivity index (χ2v) is 0.816. The lowest BCUT2D eigenvalue weighted by Gasteiger charge is -1.88. The van der Waals surface area contributed by atoms with Crippen LogP contribution in [0.25, 0.3) is 0 Å². The molecule has 0 spiro atoms. The number of carbonyl (C=O) groups is 1. The zero-order valence-corrected chi connectivity index (χ0v) is 3.86. The third-order valence-corrected chi connectivity index (χ3v) is 0.396. The Morgan fingerprint density at radius 2 is 2.25 bits per heavy atom. The van der Waals surface area contributed by atoms with Gasteiger partial charge in [0.15, 0.2) is 6.19 Å². The molecule has 0 unspecified atom stereocenters. The van der Waals surface area contributed by atoms with E-state index in [-0.39, 0.29) is 7.43 Å². The summed E-state index contributed by atoms with van der Waals surface area (Å²) in [7, 11) is 1.44. The maximum absolute atomic E-state index is 9.97. The summed E-state index contributed by atoms with van der Waals surface area (Å²) >= 11 is 0. The van der Waals surface area contributed by atoms with Gasteiger partial charge in [-0.2, -0.15) is 5.26 Å². The molecule has 0 rings (SSSR count). The van der Waals surface area contributed by atoms with Crippen LogP contribution in [0, 0.1) is 11.5 Å². The van der Waals surface area contributed by atoms with Gasteiger partial charge in [0.2, 0.25) is 0 Å². The molecule has 0 aromatic heterocycles. The van der Waals surface area contributed by atoms with Gasteiger partial charge in [-0.15, -0.1) is 0 Å². The molecule has 0 aliphatic heterocycles. The van der Waals surface area contributed by atoms with Crippen LogP contribution in [0.4, 0.5) is 4.79 Å². The summed E-state index contributed by atoms with van der Waals surface area (Å²) in [6.07, 6.45) is 1.46. The smallest absolute Gasteiger partial charge is 0.327 e. The van der Waals surface area contributed by atoms with Crippen molar-refractivity contribution in [3.8, 4) is 6.19 Å². The Morgan fingerprint density at radius 3 is 2.38 bits per heavy atom. The Bertz CT molecular complexity index is 104. The Hall–Kier alpha value is -1.24. The highest BCUT2D eigenvalue weighted by atomic mass is 16.2. The molecule has 2 N–H and O–H groups in total. The summed E-state index contributed by atoms with van der Waals surface area (Å²) in [4.78, 5) is 9.97. The van der Waals surface area contributed by atoms with Crippen molar-refractivity contribution in [2.75, 3.05) is 7.05 Å². The van der Waals surface area contributed by atoms with E-state index in [4.69, 9.17) is 5.26 Å². The highest BCUT2D eigenvalue weighted by Gasteiger charge is 1.86. The quantitative estimate of drug-likeness (QED) is 0.345. The monoisotopic (exact) mass is 115 g/mol. The molecule has 0 atom stereocenters. The summed E-state index contributed by atoms with van der Waals surface area (Å²) in [6, 6.07) is -0.484. The van der Waals surface area contributed by atoms with Gasteiger partial charge in [0, 0.05) is 7.05 Å². The molecule has 0 radical (unpaired) electrons. The van der Waals surface area contributed by atoms with Crippen LogP contribution in [-0.4, -0.2) is 13.1 Å². The minimum atomic E-state index is -0.484. The third-order valence-electron chi connectivity index (χ3n) is 0.396. The van der Waals surface area contributed by atoms with Crippen molar-refractivity contribution in [2.45, 2.75) is 7.43 Å². The van der Waals surface area contributed by atoms with Crippen LogP contribution in [0.3, 0.4) is 0 Å². The van der Waals surface area contributed by atoms with Crippen molar-refractivity contribution < 1.29 is 4.79 Å². The van der Waals surface area contributed by atoms with Crippen LogP contribution in [0.1, 0.15) is 7.43 Å². The summed E-state index contributed by atoms with van der Waals surface area (Å²) in [6.45, 7) is 0. The maximum atomic E-state index is 9.97. The minimum Gasteiger partial charge on any atom is -0.340 e. The molecule has 0 aliphatic carbocycles. The van der Waals surface area contributed by atoms with E-state index in [2.05, 4.69) is 5.32 Å². The van der Waals surface area contributed by atoms with Gasteiger partial charge >= 0.3 is 6.03 Å². The summed E-state index contributed by atoms with van der Waals surface area (Å²) in [5, 5.41) is 11.8. The second kappa shape index (κ2) is 5.76. The number of rotatable bonds is 0. The molecule has 0 fully saturated rings. The van der Waals surface area contributed by atoms with E-state index in [1.165, 1.54) is 13.2 Å². The SMILES string of the molecule is C.CNC(=O)NC#N. The first kappa shape index (κ1) is 9.90. The van der Waals surface area contributed by atoms with Gasteiger partial charge in [0.05, 0.1) is 0 Å². The molecular formula is C4H9N3O. The number of nitriles is 1. The van der Waals surface area contributed by atoms with E-state index < -0.39 is 6.03 Å². The Balaban J connectivity index is 0. The van der Waals surface area contributed by atoms with Gasteiger partial charge in [0.1, 0.15) is 0 Å². The van der Waals surface area contributed by atoms with Gasteiger partial charge < -0.3 is 5.32 Å². The number of amides is 2. The lowest BCUT2D eigenvalue weighted by Crippen LogP contribution is -2.28. The summed E-state index contributed by atoms with van der Waals surface area (Å²) in [5.41, 5.74) is 0. The highest BCUT2D eigenvalue weighted by molar-refractivity contribution is 5.74. The molecule has 4 heteroatoms. The molecule has 2 amide bonds. The number of urea groups is 1. The van der Waals surface area contributed by atoms with Crippen molar-refractivity contribution in [2.24, 2.45) is 0 Å². The number of hydrogen-bond acceptors (Lipinski definition) is 2. The van der Waals surface area contributed by atoms with E-state index >= 15 is 0 Å². The Labute approximate surface area is 48.5 Å². The van der Waals surface area contributed by atoms with E-state index in [1.807, 2.05) is 5.32 Å². The van der Waals surface area contributed by atoms with Crippen LogP contribution in [-0.2, 0) is 0 Å². The van der Waals surface area contributed by atoms with Crippen molar-refractivity contribution in [1.82, 2.24) is 10.6 Å². The molecule has 0 aromatic carbocycles. The van der Waals surface area contributed by atoms with Gasteiger partial charge in [-0.05, 0) is 0 Å². The fraction of sp³-hybridized carbons (Fsp3) is 0.500. The lowest BCUT2D eigenvalue weighted by atomic mass is 10.9. The first-order valence-electron chi connectivity index (χ1n) is 1.68.